The SMILES string of the molecule is CN(c1ccc2sc(C(=O)NCC3CCCO3)cc2c1)S(=O)(=O)c1ccc(Cl)cc1. The van der Waals surface area contributed by atoms with E-state index in [1.165, 1.54) is 34.8 Å². The molecule has 158 valence electrons. The third-order valence-corrected chi connectivity index (χ3v) is 8.24. The minimum atomic E-state index is -3.72. The summed E-state index contributed by atoms with van der Waals surface area (Å²) in [5.41, 5.74) is 0.515. The Morgan fingerprint density at radius 3 is 2.70 bits per heavy atom. The molecule has 1 saturated heterocycles. The van der Waals surface area contributed by atoms with E-state index in [1.807, 2.05) is 6.07 Å². The number of sulfonamides is 1. The van der Waals surface area contributed by atoms with Gasteiger partial charge in [-0.15, -0.1) is 11.3 Å². The summed E-state index contributed by atoms with van der Waals surface area (Å²) in [5.74, 6) is -0.143. The summed E-state index contributed by atoms with van der Waals surface area (Å²) in [6, 6.07) is 13.2. The summed E-state index contributed by atoms with van der Waals surface area (Å²) in [6.45, 7) is 1.25. The van der Waals surface area contributed by atoms with E-state index in [1.54, 1.807) is 30.3 Å². The van der Waals surface area contributed by atoms with E-state index in [9.17, 15) is 13.2 Å². The lowest BCUT2D eigenvalue weighted by molar-refractivity contribution is 0.0861. The van der Waals surface area contributed by atoms with E-state index in [-0.39, 0.29) is 16.9 Å². The zero-order valence-corrected chi connectivity index (χ0v) is 18.7. The summed E-state index contributed by atoms with van der Waals surface area (Å²) < 4.78 is 33.5. The van der Waals surface area contributed by atoms with Crippen molar-refractivity contribution >= 4 is 54.6 Å². The molecule has 1 aliphatic heterocycles. The van der Waals surface area contributed by atoms with Gasteiger partial charge in [-0.25, -0.2) is 8.42 Å². The first kappa shape index (κ1) is 21.1. The number of thiophene rings is 1. The van der Waals surface area contributed by atoms with Crippen molar-refractivity contribution in [2.75, 3.05) is 24.5 Å². The number of carbonyl (C=O) groups is 1. The Balaban J connectivity index is 1.54. The minimum Gasteiger partial charge on any atom is -0.376 e. The molecule has 1 fully saturated rings. The summed E-state index contributed by atoms with van der Waals surface area (Å²) in [5, 5.41) is 4.21. The molecular weight excluding hydrogens is 444 g/mol. The predicted octanol–water partition coefficient (Wildman–Crippen LogP) is 4.29. The monoisotopic (exact) mass is 464 g/mol. The molecule has 1 aromatic heterocycles. The maximum absolute atomic E-state index is 12.9. The standard InChI is InChI=1S/C21H21ClN2O4S2/c1-24(30(26,27)18-7-4-15(22)5-8-18)16-6-9-19-14(11-16)12-20(29-19)21(25)23-13-17-3-2-10-28-17/h4-9,11-12,17H,2-3,10,13H2,1H3,(H,23,25). The lowest BCUT2D eigenvalue weighted by Gasteiger charge is -2.19. The molecule has 2 heterocycles. The second-order valence-corrected chi connectivity index (χ2v) is 10.6. The first-order valence-corrected chi connectivity index (χ1v) is 12.2. The molecule has 9 heteroatoms. The fraction of sp³-hybridized carbons (Fsp3) is 0.286. The highest BCUT2D eigenvalue weighted by molar-refractivity contribution is 7.92. The van der Waals surface area contributed by atoms with Crippen LogP contribution in [0.15, 0.2) is 53.4 Å². The van der Waals surface area contributed by atoms with Crippen LogP contribution < -0.4 is 9.62 Å². The van der Waals surface area contributed by atoms with Crippen molar-refractivity contribution in [1.82, 2.24) is 5.32 Å². The van der Waals surface area contributed by atoms with Crippen LogP contribution in [0, 0.1) is 0 Å². The first-order chi connectivity index (χ1) is 14.3. The normalized spacial score (nSPS) is 16.7. The van der Waals surface area contributed by atoms with Gasteiger partial charge in [-0.3, -0.25) is 9.10 Å². The fourth-order valence-electron chi connectivity index (χ4n) is 3.34. The van der Waals surface area contributed by atoms with Crippen LogP contribution in [0.5, 0.6) is 0 Å². The number of nitrogens with one attached hydrogen (secondary N) is 1. The average Bonchev–Trinajstić information content (AvgIpc) is 3.40. The lowest BCUT2D eigenvalue weighted by atomic mass is 10.2. The third kappa shape index (κ3) is 4.32. The van der Waals surface area contributed by atoms with Crippen LogP contribution in [0.1, 0.15) is 22.5 Å². The Kier molecular flexibility index (Phi) is 6.02. The van der Waals surface area contributed by atoms with Gasteiger partial charge in [0.1, 0.15) is 0 Å². The van der Waals surface area contributed by atoms with Crippen molar-refractivity contribution in [2.24, 2.45) is 0 Å². The number of rotatable bonds is 6. The van der Waals surface area contributed by atoms with Crippen LogP contribution in [0.4, 0.5) is 5.69 Å². The van der Waals surface area contributed by atoms with Gasteiger partial charge >= 0.3 is 0 Å². The van der Waals surface area contributed by atoms with E-state index in [0.29, 0.717) is 22.1 Å². The van der Waals surface area contributed by atoms with E-state index in [4.69, 9.17) is 16.3 Å². The molecule has 4 rings (SSSR count). The van der Waals surface area contributed by atoms with Crippen LogP contribution in [0.2, 0.25) is 5.02 Å². The molecule has 6 nitrogen and oxygen atoms in total. The molecule has 1 unspecified atom stereocenters. The number of benzene rings is 2. The molecule has 3 aromatic rings. The molecule has 1 aliphatic rings. The topological polar surface area (TPSA) is 75.7 Å². The van der Waals surface area contributed by atoms with Crippen molar-refractivity contribution < 1.29 is 17.9 Å². The molecule has 1 atom stereocenters. The average molecular weight is 465 g/mol. The van der Waals surface area contributed by atoms with E-state index < -0.39 is 10.0 Å². The molecule has 0 spiro atoms. The van der Waals surface area contributed by atoms with Crippen molar-refractivity contribution in [3.8, 4) is 0 Å². The highest BCUT2D eigenvalue weighted by Crippen LogP contribution is 2.31. The quantitative estimate of drug-likeness (QED) is 0.590. The van der Waals surface area contributed by atoms with E-state index in [0.717, 1.165) is 29.5 Å². The van der Waals surface area contributed by atoms with Gasteiger partial charge in [0.2, 0.25) is 0 Å². The molecule has 0 aliphatic carbocycles. The highest BCUT2D eigenvalue weighted by Gasteiger charge is 2.22. The molecule has 1 N–H and O–H groups in total. The van der Waals surface area contributed by atoms with E-state index in [2.05, 4.69) is 5.32 Å². The van der Waals surface area contributed by atoms with Crippen LogP contribution in [0.25, 0.3) is 10.1 Å². The van der Waals surface area contributed by atoms with Gasteiger partial charge in [-0.05, 0) is 66.8 Å². The van der Waals surface area contributed by atoms with E-state index >= 15 is 0 Å². The van der Waals surface area contributed by atoms with Gasteiger partial charge < -0.3 is 10.1 Å². The van der Waals surface area contributed by atoms with Crippen molar-refractivity contribution in [1.29, 1.82) is 0 Å². The molecule has 0 radical (unpaired) electrons. The Morgan fingerprint density at radius 2 is 2.00 bits per heavy atom. The Labute approximate surface area is 184 Å². The maximum atomic E-state index is 12.9. The maximum Gasteiger partial charge on any atom is 0.264 e. The van der Waals surface area contributed by atoms with Crippen molar-refractivity contribution in [3.63, 3.8) is 0 Å². The molecular formula is C21H21ClN2O4S2. The number of nitrogens with zero attached hydrogens (tertiary/aromatic N) is 1. The number of amides is 1. The summed E-state index contributed by atoms with van der Waals surface area (Å²) in [7, 11) is -2.21. The van der Waals surface area contributed by atoms with Crippen molar-refractivity contribution in [3.05, 3.63) is 58.4 Å². The summed E-state index contributed by atoms with van der Waals surface area (Å²) in [4.78, 5) is 13.2. The molecule has 0 saturated carbocycles. The third-order valence-electron chi connectivity index (χ3n) is 5.07. The van der Waals surface area contributed by atoms with Crippen LogP contribution in [0.3, 0.4) is 0 Å². The number of anilines is 1. The number of hydrogen-bond donors (Lipinski definition) is 1. The minimum absolute atomic E-state index is 0.0849. The molecule has 1 amide bonds. The number of halogens is 1. The summed E-state index contributed by atoms with van der Waals surface area (Å²) in [6.07, 6.45) is 2.07. The van der Waals surface area contributed by atoms with Crippen LogP contribution >= 0.6 is 22.9 Å². The molecule has 30 heavy (non-hydrogen) atoms. The number of carbonyl (C=O) groups excluding carboxylic acids is 1. The fourth-order valence-corrected chi connectivity index (χ4v) is 5.61. The zero-order valence-electron chi connectivity index (χ0n) is 16.3. The number of ether oxygens (including phenoxy) is 1. The summed E-state index contributed by atoms with van der Waals surface area (Å²) >= 11 is 7.24. The molecule has 2 aromatic carbocycles. The zero-order chi connectivity index (χ0) is 21.3. The van der Waals surface area contributed by atoms with Gasteiger partial charge in [0.15, 0.2) is 0 Å². The highest BCUT2D eigenvalue weighted by atomic mass is 35.5. The Hall–Kier alpha value is -2.13. The number of hydrogen-bond acceptors (Lipinski definition) is 5. The Bertz CT molecular complexity index is 1170. The number of fused-ring (bicyclic) bond motifs is 1. The van der Waals surface area contributed by atoms with Gasteiger partial charge in [0.25, 0.3) is 15.9 Å². The van der Waals surface area contributed by atoms with Gasteiger partial charge in [0, 0.05) is 29.9 Å². The predicted molar refractivity (Wildman–Crippen MR) is 120 cm³/mol. The second kappa shape index (κ2) is 8.55. The van der Waals surface area contributed by atoms with Gasteiger partial charge in [-0.1, -0.05) is 11.6 Å². The van der Waals surface area contributed by atoms with Crippen LogP contribution in [-0.4, -0.2) is 40.6 Å². The Morgan fingerprint density at radius 1 is 1.23 bits per heavy atom. The van der Waals surface area contributed by atoms with Crippen molar-refractivity contribution in [2.45, 2.75) is 23.8 Å². The second-order valence-electron chi connectivity index (χ2n) is 7.10. The van der Waals surface area contributed by atoms with Gasteiger partial charge in [0.05, 0.1) is 21.6 Å². The smallest absolute Gasteiger partial charge is 0.264 e. The molecule has 0 bridgehead atoms. The van der Waals surface area contributed by atoms with Crippen LogP contribution in [-0.2, 0) is 14.8 Å². The lowest BCUT2D eigenvalue weighted by Crippen LogP contribution is -2.31. The first-order valence-electron chi connectivity index (χ1n) is 9.52. The largest absolute Gasteiger partial charge is 0.376 e. The van der Waals surface area contributed by atoms with Gasteiger partial charge in [-0.2, -0.15) is 0 Å².